The Morgan fingerprint density at radius 3 is 2.38 bits per heavy atom. The molecular weight excluding hydrogens is 516 g/mol. The van der Waals surface area contributed by atoms with Gasteiger partial charge in [0.25, 0.3) is 0 Å². The molecule has 0 spiro atoms. The molecule has 3 heterocycles. The molecule has 5 nitrogen and oxygen atoms in total. The summed E-state index contributed by atoms with van der Waals surface area (Å²) in [5.74, 6) is -1.54. The van der Waals surface area contributed by atoms with Crippen LogP contribution in [0.3, 0.4) is 0 Å². The van der Waals surface area contributed by atoms with E-state index in [9.17, 15) is 9.18 Å². The van der Waals surface area contributed by atoms with Crippen molar-refractivity contribution in [3.63, 3.8) is 0 Å². The third kappa shape index (κ3) is 4.02. The Kier molecular flexibility index (Phi) is 5.98. The second-order valence-electron chi connectivity index (χ2n) is 6.03. The number of rotatable bonds is 4. The summed E-state index contributed by atoms with van der Waals surface area (Å²) in [7, 11) is 0. The van der Waals surface area contributed by atoms with E-state index in [1.54, 1.807) is 18.2 Å². The number of nitrogens with zero attached hydrogens (tertiary/aromatic N) is 3. The van der Waals surface area contributed by atoms with Crippen LogP contribution in [0, 0.1) is 11.9 Å². The number of hydrogen-bond donors (Lipinski definition) is 1. The van der Waals surface area contributed by atoms with Gasteiger partial charge in [0.05, 0.1) is 5.69 Å². The smallest absolute Gasteiger partial charge is 0.354 e. The van der Waals surface area contributed by atoms with Crippen molar-refractivity contribution in [2.75, 3.05) is 0 Å². The average molecular weight is 531 g/mol. The van der Waals surface area contributed by atoms with Gasteiger partial charge in [0.2, 0.25) is 0 Å². The zero-order chi connectivity index (χ0) is 18.0. The molecule has 0 amide bonds. The van der Waals surface area contributed by atoms with Crippen LogP contribution in [0.5, 0.6) is 0 Å². The van der Waals surface area contributed by atoms with Crippen LogP contribution in [0.25, 0.3) is 11.4 Å². The summed E-state index contributed by atoms with van der Waals surface area (Å²) in [6.07, 6.45) is 1.11. The van der Waals surface area contributed by atoms with Crippen molar-refractivity contribution in [1.29, 1.82) is 0 Å². The van der Waals surface area contributed by atoms with Crippen LogP contribution in [0.2, 0.25) is 0 Å². The number of aromatic nitrogens is 3. The van der Waals surface area contributed by atoms with Gasteiger partial charge in [0.15, 0.2) is 0 Å². The van der Waals surface area contributed by atoms with Gasteiger partial charge in [0.1, 0.15) is 5.69 Å². The second kappa shape index (κ2) is 7.83. The van der Waals surface area contributed by atoms with Crippen molar-refractivity contribution in [3.8, 4) is 11.4 Å². The van der Waals surface area contributed by atoms with Gasteiger partial charge in [-0.05, 0) is 43.4 Å². The third-order valence-electron chi connectivity index (χ3n) is 3.90. The van der Waals surface area contributed by atoms with Crippen LogP contribution in [0.1, 0.15) is 35.7 Å². The van der Waals surface area contributed by atoms with E-state index in [0.717, 1.165) is 6.20 Å². The molecule has 0 saturated carbocycles. The predicted molar refractivity (Wildman–Crippen MR) is 89.6 cm³/mol. The molecule has 3 aromatic heterocycles. The predicted octanol–water partition coefficient (Wildman–Crippen LogP) is 3.50. The topological polar surface area (TPSA) is 76.0 Å². The fourth-order valence-electron chi connectivity index (χ4n) is 2.43. The molecule has 3 aromatic rings. The van der Waals surface area contributed by atoms with Gasteiger partial charge >= 0.3 is 5.97 Å². The van der Waals surface area contributed by atoms with Crippen LogP contribution in [0.15, 0.2) is 48.7 Å². The molecule has 0 saturated heterocycles. The molecule has 0 atom stereocenters. The van der Waals surface area contributed by atoms with Gasteiger partial charge in [-0.25, -0.2) is 9.78 Å². The largest absolute Gasteiger partial charge is 0.477 e. The fraction of sp³-hybridized carbons (Fsp3) is 0.158. The van der Waals surface area contributed by atoms with E-state index < -0.39 is 17.2 Å². The maximum absolute atomic E-state index is 13.0. The molecule has 26 heavy (non-hydrogen) atoms. The molecule has 0 bridgehead atoms. The van der Waals surface area contributed by atoms with Crippen molar-refractivity contribution in [1.82, 2.24) is 15.0 Å². The number of aromatic carboxylic acids is 1. The van der Waals surface area contributed by atoms with Crippen molar-refractivity contribution in [2.24, 2.45) is 0 Å². The summed E-state index contributed by atoms with van der Waals surface area (Å²) in [6.45, 7) is 3.82. The van der Waals surface area contributed by atoms with Gasteiger partial charge in [-0.3, -0.25) is 9.37 Å². The Hall–Kier alpha value is -2.46. The first kappa shape index (κ1) is 19.9. The summed E-state index contributed by atoms with van der Waals surface area (Å²) in [5, 5.41) is 9.14. The molecule has 7 heteroatoms. The Balaban J connectivity index is 0.00000243. The van der Waals surface area contributed by atoms with E-state index in [-0.39, 0.29) is 26.8 Å². The van der Waals surface area contributed by atoms with Crippen LogP contribution >= 0.6 is 0 Å². The Bertz CT molecular complexity index is 930. The van der Waals surface area contributed by atoms with Crippen LogP contribution in [0.4, 0.5) is 4.39 Å². The molecule has 136 valence electrons. The number of carboxylic acid groups (broad SMARTS) is 1. The zero-order valence-corrected chi connectivity index (χ0v) is 16.3. The van der Waals surface area contributed by atoms with Gasteiger partial charge in [0, 0.05) is 44.2 Å². The van der Waals surface area contributed by atoms with E-state index in [4.69, 9.17) is 5.11 Å². The molecule has 0 aliphatic carbocycles. The third-order valence-corrected chi connectivity index (χ3v) is 3.90. The van der Waals surface area contributed by atoms with Gasteiger partial charge < -0.3 is 10.1 Å². The fourth-order valence-corrected chi connectivity index (χ4v) is 2.43. The first-order chi connectivity index (χ1) is 11.9. The second-order valence-corrected chi connectivity index (χ2v) is 6.03. The first-order valence-corrected chi connectivity index (χ1v) is 7.60. The maximum atomic E-state index is 13.0. The summed E-state index contributed by atoms with van der Waals surface area (Å²) in [5.41, 5.74) is 1.63. The minimum atomic E-state index is -1.08. The molecule has 0 aliphatic heterocycles. The van der Waals surface area contributed by atoms with Crippen LogP contribution in [-0.4, -0.2) is 26.0 Å². The van der Waals surface area contributed by atoms with E-state index in [1.165, 1.54) is 12.1 Å². The van der Waals surface area contributed by atoms with Crippen molar-refractivity contribution >= 4 is 5.97 Å². The Labute approximate surface area is 164 Å². The summed E-state index contributed by atoms with van der Waals surface area (Å²) < 4.78 is 13.0. The van der Waals surface area contributed by atoms with E-state index in [2.05, 4.69) is 21.0 Å². The number of carboxylic acids is 1. The van der Waals surface area contributed by atoms with Gasteiger partial charge in [-0.1, -0.05) is 18.2 Å². The van der Waals surface area contributed by atoms with Gasteiger partial charge in [-0.15, -0.1) is 6.07 Å². The monoisotopic (exact) mass is 531 g/mol. The van der Waals surface area contributed by atoms with Crippen molar-refractivity contribution in [2.45, 2.75) is 19.3 Å². The van der Waals surface area contributed by atoms with Crippen LogP contribution < -0.4 is 0 Å². The Morgan fingerprint density at radius 2 is 1.77 bits per heavy atom. The average Bonchev–Trinajstić information content (AvgIpc) is 2.62. The molecule has 0 radical (unpaired) electrons. The molecule has 1 N–H and O–H groups in total. The maximum Gasteiger partial charge on any atom is 0.354 e. The van der Waals surface area contributed by atoms with E-state index >= 15 is 0 Å². The molecule has 3 rings (SSSR count). The minimum Gasteiger partial charge on any atom is -0.477 e. The minimum absolute atomic E-state index is 0. The molecular formula is C19H15FN3O2Pt-. The van der Waals surface area contributed by atoms with Gasteiger partial charge in [-0.2, -0.15) is 6.07 Å². The SMILES string of the molecule is CC(C)(c1cccc(C(=O)O)n1)c1cccc(-c2[c-]cc(F)cn2)n1.[Pt]. The van der Waals surface area contributed by atoms with E-state index in [1.807, 2.05) is 26.0 Å². The van der Waals surface area contributed by atoms with Crippen molar-refractivity contribution in [3.05, 3.63) is 77.6 Å². The molecule has 0 unspecified atom stereocenters. The van der Waals surface area contributed by atoms with E-state index in [0.29, 0.717) is 22.8 Å². The molecule has 0 fully saturated rings. The van der Waals surface area contributed by atoms with Crippen molar-refractivity contribution < 1.29 is 35.4 Å². The number of halogens is 1. The molecule has 0 aliphatic rings. The summed E-state index contributed by atoms with van der Waals surface area (Å²) >= 11 is 0. The Morgan fingerprint density at radius 1 is 1.12 bits per heavy atom. The summed E-state index contributed by atoms with van der Waals surface area (Å²) in [4.78, 5) is 24.0. The van der Waals surface area contributed by atoms with Crippen LogP contribution in [-0.2, 0) is 26.5 Å². The molecule has 0 aromatic carbocycles. The quantitative estimate of drug-likeness (QED) is 0.522. The number of hydrogen-bond acceptors (Lipinski definition) is 4. The zero-order valence-electron chi connectivity index (χ0n) is 14.0. The summed E-state index contributed by atoms with van der Waals surface area (Å²) in [6, 6.07) is 14.3. The first-order valence-electron chi connectivity index (χ1n) is 7.60. The number of carbonyl (C=O) groups is 1. The standard InChI is InChI=1S/C19H15FN3O2.Pt/c1-19(2,17-8-4-6-15(23-17)18(24)25)16-7-3-5-14(22-16)13-10-9-12(20)11-21-13;/h3-9,11H,1-2H3,(H,24,25);/q-1;. The normalized spacial score (nSPS) is 10.9. The number of pyridine rings is 3.